The molecule has 1 aliphatic rings. The standard InChI is InChI=1S/C12H12ClN5O2/c1-19-10-9(17-12-15-6-14-11(13)18-12)4-7-5-20-3-2-8(7)16-10/h4,6H,2-3,5H2,1H3,(H,14,15,17,18). The number of hydrogen-bond acceptors (Lipinski definition) is 7. The fourth-order valence-corrected chi connectivity index (χ4v) is 2.09. The molecule has 0 saturated carbocycles. The summed E-state index contributed by atoms with van der Waals surface area (Å²) in [6.45, 7) is 1.22. The molecule has 3 rings (SSSR count). The van der Waals surface area contributed by atoms with E-state index in [1.807, 2.05) is 6.07 Å². The molecule has 0 aliphatic carbocycles. The Hall–Kier alpha value is -1.99. The Balaban J connectivity index is 1.95. The number of halogens is 1. The van der Waals surface area contributed by atoms with E-state index in [9.17, 15) is 0 Å². The number of methoxy groups -OCH3 is 1. The summed E-state index contributed by atoms with van der Waals surface area (Å²) in [6.07, 6.45) is 2.11. The Labute approximate surface area is 120 Å². The summed E-state index contributed by atoms with van der Waals surface area (Å²) in [5.41, 5.74) is 2.69. The first-order valence-electron chi connectivity index (χ1n) is 6.02. The number of rotatable bonds is 3. The molecule has 3 heterocycles. The maximum atomic E-state index is 5.73. The van der Waals surface area contributed by atoms with Gasteiger partial charge in [-0.3, -0.25) is 0 Å². The molecule has 0 spiro atoms. The summed E-state index contributed by atoms with van der Waals surface area (Å²) in [4.78, 5) is 16.2. The zero-order valence-electron chi connectivity index (χ0n) is 10.8. The van der Waals surface area contributed by atoms with E-state index >= 15 is 0 Å². The van der Waals surface area contributed by atoms with Crippen molar-refractivity contribution in [2.75, 3.05) is 19.0 Å². The number of nitrogens with zero attached hydrogens (tertiary/aromatic N) is 4. The van der Waals surface area contributed by atoms with Crippen LogP contribution in [-0.2, 0) is 17.8 Å². The second-order valence-corrected chi connectivity index (χ2v) is 4.49. The molecule has 2 aromatic rings. The van der Waals surface area contributed by atoms with Crippen LogP contribution in [0.2, 0.25) is 5.28 Å². The molecule has 0 radical (unpaired) electrons. The molecular weight excluding hydrogens is 282 g/mol. The van der Waals surface area contributed by atoms with Crippen molar-refractivity contribution in [3.63, 3.8) is 0 Å². The number of anilines is 2. The van der Waals surface area contributed by atoms with Crippen LogP contribution in [0.1, 0.15) is 11.3 Å². The van der Waals surface area contributed by atoms with Gasteiger partial charge in [-0.25, -0.2) is 15.0 Å². The maximum Gasteiger partial charge on any atom is 0.237 e. The highest BCUT2D eigenvalue weighted by atomic mass is 35.5. The summed E-state index contributed by atoms with van der Waals surface area (Å²) >= 11 is 5.73. The first-order valence-corrected chi connectivity index (χ1v) is 6.40. The molecule has 104 valence electrons. The van der Waals surface area contributed by atoms with E-state index in [2.05, 4.69) is 25.3 Å². The smallest absolute Gasteiger partial charge is 0.237 e. The van der Waals surface area contributed by atoms with Crippen molar-refractivity contribution >= 4 is 23.2 Å². The van der Waals surface area contributed by atoms with Crippen LogP contribution in [0.4, 0.5) is 11.6 Å². The number of hydrogen-bond donors (Lipinski definition) is 1. The normalized spacial score (nSPS) is 13.7. The maximum absolute atomic E-state index is 5.73. The topological polar surface area (TPSA) is 82.0 Å². The van der Waals surface area contributed by atoms with Gasteiger partial charge in [-0.15, -0.1) is 0 Å². The van der Waals surface area contributed by atoms with Crippen molar-refractivity contribution in [3.05, 3.63) is 28.9 Å². The van der Waals surface area contributed by atoms with E-state index in [0.717, 1.165) is 17.7 Å². The third kappa shape index (κ3) is 2.63. The second-order valence-electron chi connectivity index (χ2n) is 4.16. The van der Waals surface area contributed by atoms with Crippen LogP contribution >= 0.6 is 11.6 Å². The van der Waals surface area contributed by atoms with Crippen LogP contribution in [0.25, 0.3) is 0 Å². The van der Waals surface area contributed by atoms with Crippen molar-refractivity contribution in [2.24, 2.45) is 0 Å². The lowest BCUT2D eigenvalue weighted by atomic mass is 10.1. The van der Waals surface area contributed by atoms with Crippen LogP contribution in [0.5, 0.6) is 5.88 Å². The summed E-state index contributed by atoms with van der Waals surface area (Å²) in [5, 5.41) is 3.15. The Morgan fingerprint density at radius 2 is 2.25 bits per heavy atom. The van der Waals surface area contributed by atoms with Gasteiger partial charge in [0.05, 0.1) is 26.0 Å². The van der Waals surface area contributed by atoms with E-state index in [1.54, 1.807) is 7.11 Å². The zero-order chi connectivity index (χ0) is 13.9. The van der Waals surface area contributed by atoms with Crippen molar-refractivity contribution in [3.8, 4) is 5.88 Å². The molecule has 0 unspecified atom stereocenters. The first kappa shape index (κ1) is 13.0. The number of ether oxygens (including phenoxy) is 2. The number of pyridine rings is 1. The first-order chi connectivity index (χ1) is 9.76. The monoisotopic (exact) mass is 293 g/mol. The molecule has 1 aliphatic heterocycles. The van der Waals surface area contributed by atoms with Gasteiger partial charge in [0.25, 0.3) is 0 Å². The highest BCUT2D eigenvalue weighted by molar-refractivity contribution is 6.28. The van der Waals surface area contributed by atoms with Gasteiger partial charge in [0.2, 0.25) is 17.1 Å². The molecule has 0 fully saturated rings. The minimum absolute atomic E-state index is 0.121. The predicted octanol–water partition coefficient (Wildman–Crippen LogP) is 1.74. The fraction of sp³-hybridized carbons (Fsp3) is 0.333. The summed E-state index contributed by atoms with van der Waals surface area (Å²) in [6, 6.07) is 1.93. The minimum Gasteiger partial charge on any atom is -0.480 e. The number of fused-ring (bicyclic) bond motifs is 1. The molecular formula is C12H12ClN5O2. The van der Waals surface area contributed by atoms with Crippen molar-refractivity contribution in [1.29, 1.82) is 0 Å². The Kier molecular flexibility index (Phi) is 3.62. The lowest BCUT2D eigenvalue weighted by Crippen LogP contribution is -2.13. The van der Waals surface area contributed by atoms with Crippen molar-refractivity contribution < 1.29 is 9.47 Å². The van der Waals surface area contributed by atoms with Crippen LogP contribution in [0.3, 0.4) is 0 Å². The van der Waals surface area contributed by atoms with Crippen molar-refractivity contribution in [1.82, 2.24) is 19.9 Å². The van der Waals surface area contributed by atoms with E-state index < -0.39 is 0 Å². The van der Waals surface area contributed by atoms with Gasteiger partial charge in [-0.2, -0.15) is 4.98 Å². The van der Waals surface area contributed by atoms with Gasteiger partial charge in [0.1, 0.15) is 12.0 Å². The summed E-state index contributed by atoms with van der Waals surface area (Å²) in [5.74, 6) is 0.823. The second kappa shape index (κ2) is 5.56. The fourth-order valence-electron chi connectivity index (χ4n) is 1.97. The van der Waals surface area contributed by atoms with Gasteiger partial charge in [-0.1, -0.05) is 0 Å². The minimum atomic E-state index is 0.121. The zero-order valence-corrected chi connectivity index (χ0v) is 11.5. The molecule has 0 aromatic carbocycles. The van der Waals surface area contributed by atoms with Gasteiger partial charge in [-0.05, 0) is 17.7 Å². The quantitative estimate of drug-likeness (QED) is 0.923. The van der Waals surface area contributed by atoms with Gasteiger partial charge < -0.3 is 14.8 Å². The lowest BCUT2D eigenvalue weighted by Gasteiger charge is -2.18. The number of nitrogens with one attached hydrogen (secondary N) is 1. The molecule has 2 aromatic heterocycles. The summed E-state index contributed by atoms with van der Waals surface area (Å²) < 4.78 is 10.7. The van der Waals surface area contributed by atoms with Gasteiger partial charge >= 0.3 is 0 Å². The molecule has 0 bridgehead atoms. The Bertz CT molecular complexity index is 637. The molecule has 7 nitrogen and oxygen atoms in total. The van der Waals surface area contributed by atoms with Crippen LogP contribution < -0.4 is 10.1 Å². The molecule has 8 heteroatoms. The lowest BCUT2D eigenvalue weighted by molar-refractivity contribution is 0.109. The van der Waals surface area contributed by atoms with E-state index in [1.165, 1.54) is 6.33 Å². The summed E-state index contributed by atoms with van der Waals surface area (Å²) in [7, 11) is 1.57. The molecule has 0 atom stereocenters. The Morgan fingerprint density at radius 3 is 3.05 bits per heavy atom. The van der Waals surface area contributed by atoms with E-state index in [0.29, 0.717) is 30.7 Å². The third-order valence-corrected chi connectivity index (χ3v) is 3.06. The highest BCUT2D eigenvalue weighted by Gasteiger charge is 2.16. The third-order valence-electron chi connectivity index (χ3n) is 2.88. The van der Waals surface area contributed by atoms with Crippen LogP contribution in [0, 0.1) is 0 Å². The Morgan fingerprint density at radius 1 is 1.35 bits per heavy atom. The van der Waals surface area contributed by atoms with Crippen LogP contribution in [0.15, 0.2) is 12.4 Å². The van der Waals surface area contributed by atoms with Gasteiger partial charge in [0, 0.05) is 12.0 Å². The largest absolute Gasteiger partial charge is 0.480 e. The number of aromatic nitrogens is 4. The SMILES string of the molecule is COc1nc2c(cc1Nc1ncnc(Cl)n1)COCC2. The average molecular weight is 294 g/mol. The van der Waals surface area contributed by atoms with Crippen LogP contribution in [-0.4, -0.2) is 33.7 Å². The molecule has 0 amide bonds. The molecule has 20 heavy (non-hydrogen) atoms. The van der Waals surface area contributed by atoms with Crippen molar-refractivity contribution in [2.45, 2.75) is 13.0 Å². The predicted molar refractivity (Wildman–Crippen MR) is 72.3 cm³/mol. The van der Waals surface area contributed by atoms with E-state index in [-0.39, 0.29) is 5.28 Å². The molecule has 0 saturated heterocycles. The molecule has 1 N–H and O–H groups in total. The highest BCUT2D eigenvalue weighted by Crippen LogP contribution is 2.29. The van der Waals surface area contributed by atoms with Gasteiger partial charge in [0.15, 0.2) is 0 Å². The average Bonchev–Trinajstić information content (AvgIpc) is 2.46. The van der Waals surface area contributed by atoms with E-state index in [4.69, 9.17) is 21.1 Å².